The summed E-state index contributed by atoms with van der Waals surface area (Å²) in [5.41, 5.74) is 1.06. The van der Waals surface area contributed by atoms with Crippen LogP contribution < -0.4 is 19.5 Å². The predicted octanol–water partition coefficient (Wildman–Crippen LogP) is 4.67. The number of amides is 1. The molecule has 0 unspecified atom stereocenters. The molecule has 3 aromatic rings. The van der Waals surface area contributed by atoms with Crippen LogP contribution in [0.25, 0.3) is 0 Å². The molecule has 0 aromatic heterocycles. The molecule has 9 heteroatoms. The third-order valence-electron chi connectivity index (χ3n) is 4.07. The Hall–Kier alpha value is -3.04. The van der Waals surface area contributed by atoms with E-state index in [0.717, 1.165) is 4.47 Å². The zero-order valence-electron chi connectivity index (χ0n) is 16.7. The van der Waals surface area contributed by atoms with Crippen molar-refractivity contribution in [1.82, 2.24) is 0 Å². The van der Waals surface area contributed by atoms with E-state index in [0.29, 0.717) is 29.5 Å². The fourth-order valence-corrected chi connectivity index (χ4v) is 4.06. The largest absolute Gasteiger partial charge is 0.494 e. The summed E-state index contributed by atoms with van der Waals surface area (Å²) in [5.74, 6) is 0.707. The van der Waals surface area contributed by atoms with Gasteiger partial charge in [0.15, 0.2) is 6.61 Å². The molecule has 0 atom stereocenters. The van der Waals surface area contributed by atoms with Crippen LogP contribution in [0.4, 0.5) is 11.4 Å². The van der Waals surface area contributed by atoms with Gasteiger partial charge in [-0.1, -0.05) is 12.1 Å². The van der Waals surface area contributed by atoms with Gasteiger partial charge in [-0.2, -0.15) is 0 Å². The van der Waals surface area contributed by atoms with Crippen molar-refractivity contribution in [1.29, 1.82) is 0 Å². The molecule has 0 saturated heterocycles. The third-order valence-corrected chi connectivity index (χ3v) is 6.16. The molecule has 0 radical (unpaired) electrons. The van der Waals surface area contributed by atoms with Crippen molar-refractivity contribution in [2.75, 3.05) is 23.3 Å². The summed E-state index contributed by atoms with van der Waals surface area (Å²) in [7, 11) is -3.76. The number of ether oxygens (including phenoxy) is 2. The van der Waals surface area contributed by atoms with Crippen molar-refractivity contribution < 1.29 is 22.7 Å². The minimum atomic E-state index is -3.76. The van der Waals surface area contributed by atoms with Crippen LogP contribution in [-0.4, -0.2) is 27.5 Å². The van der Waals surface area contributed by atoms with Gasteiger partial charge in [0.25, 0.3) is 15.9 Å². The molecule has 162 valence electrons. The van der Waals surface area contributed by atoms with Crippen LogP contribution in [-0.2, 0) is 14.8 Å². The maximum atomic E-state index is 12.6. The Bertz CT molecular complexity index is 1130. The predicted molar refractivity (Wildman–Crippen MR) is 123 cm³/mol. The Morgan fingerprint density at radius 3 is 2.16 bits per heavy atom. The number of hydrogen-bond donors (Lipinski definition) is 2. The zero-order chi connectivity index (χ0) is 22.3. The lowest BCUT2D eigenvalue weighted by molar-refractivity contribution is -0.118. The van der Waals surface area contributed by atoms with Gasteiger partial charge in [-0.25, -0.2) is 8.42 Å². The summed E-state index contributed by atoms with van der Waals surface area (Å²) >= 11 is 3.36. The lowest BCUT2D eigenvalue weighted by Gasteiger charge is -2.11. The van der Waals surface area contributed by atoms with E-state index in [1.807, 2.05) is 25.1 Å². The SMILES string of the molecule is CCOc1ccc(NS(=O)(=O)c2ccc(OCC(=O)Nc3ccccc3Br)cc2)cc1. The second-order valence-corrected chi connectivity index (χ2v) is 8.89. The van der Waals surface area contributed by atoms with Gasteiger partial charge in [0, 0.05) is 10.2 Å². The van der Waals surface area contributed by atoms with Crippen molar-refractivity contribution in [2.24, 2.45) is 0 Å². The smallest absolute Gasteiger partial charge is 0.262 e. The number of halogens is 1. The van der Waals surface area contributed by atoms with Gasteiger partial charge in [0.05, 0.1) is 17.2 Å². The highest BCUT2D eigenvalue weighted by Crippen LogP contribution is 2.22. The second kappa shape index (κ2) is 10.3. The molecule has 1 amide bonds. The van der Waals surface area contributed by atoms with Gasteiger partial charge >= 0.3 is 0 Å². The van der Waals surface area contributed by atoms with Gasteiger partial charge in [0.2, 0.25) is 0 Å². The average molecular weight is 505 g/mol. The molecule has 2 N–H and O–H groups in total. The Morgan fingerprint density at radius 1 is 0.903 bits per heavy atom. The van der Waals surface area contributed by atoms with Crippen LogP contribution in [0, 0.1) is 0 Å². The van der Waals surface area contributed by atoms with Crippen LogP contribution >= 0.6 is 15.9 Å². The molecule has 0 aliphatic heterocycles. The van der Waals surface area contributed by atoms with Crippen molar-refractivity contribution in [3.05, 3.63) is 77.3 Å². The van der Waals surface area contributed by atoms with E-state index in [4.69, 9.17) is 9.47 Å². The molecule has 3 aromatic carbocycles. The fraction of sp³-hybridized carbons (Fsp3) is 0.136. The van der Waals surface area contributed by atoms with E-state index < -0.39 is 10.0 Å². The van der Waals surface area contributed by atoms with E-state index in [1.54, 1.807) is 30.3 Å². The molecule has 0 heterocycles. The average Bonchev–Trinajstić information content (AvgIpc) is 2.76. The van der Waals surface area contributed by atoms with Crippen molar-refractivity contribution in [3.63, 3.8) is 0 Å². The molecule has 0 spiro atoms. The number of carbonyl (C=O) groups is 1. The number of sulfonamides is 1. The number of anilines is 2. The number of carbonyl (C=O) groups excluding carboxylic acids is 1. The first-order valence-corrected chi connectivity index (χ1v) is 11.7. The highest BCUT2D eigenvalue weighted by Gasteiger charge is 2.15. The van der Waals surface area contributed by atoms with Crippen LogP contribution in [0.1, 0.15) is 6.92 Å². The molecule has 0 bridgehead atoms. The molecule has 3 rings (SSSR count). The van der Waals surface area contributed by atoms with E-state index >= 15 is 0 Å². The zero-order valence-corrected chi connectivity index (χ0v) is 19.1. The fourth-order valence-electron chi connectivity index (χ4n) is 2.61. The summed E-state index contributed by atoms with van der Waals surface area (Å²) < 4.78 is 39.2. The second-order valence-electron chi connectivity index (χ2n) is 6.35. The molecular weight excluding hydrogens is 484 g/mol. The molecule has 7 nitrogen and oxygen atoms in total. The molecule has 0 aliphatic rings. The maximum Gasteiger partial charge on any atom is 0.262 e. The highest BCUT2D eigenvalue weighted by molar-refractivity contribution is 9.10. The van der Waals surface area contributed by atoms with E-state index in [-0.39, 0.29) is 17.4 Å². The van der Waals surface area contributed by atoms with Gasteiger partial charge in [-0.3, -0.25) is 9.52 Å². The monoisotopic (exact) mass is 504 g/mol. The first-order valence-electron chi connectivity index (χ1n) is 9.40. The molecular formula is C22H21BrN2O5S. The number of rotatable bonds is 9. The maximum absolute atomic E-state index is 12.6. The van der Waals surface area contributed by atoms with Crippen LogP contribution in [0.2, 0.25) is 0 Å². The van der Waals surface area contributed by atoms with E-state index in [1.165, 1.54) is 24.3 Å². The van der Waals surface area contributed by atoms with Crippen molar-refractivity contribution in [3.8, 4) is 11.5 Å². The Balaban J connectivity index is 1.57. The molecule has 31 heavy (non-hydrogen) atoms. The standard InChI is InChI=1S/C22H21BrN2O5S/c1-2-29-17-9-7-16(8-10-17)25-31(27,28)19-13-11-18(12-14-19)30-15-22(26)24-21-6-4-3-5-20(21)23/h3-14,25H,2,15H2,1H3,(H,24,26). The number of para-hydroxylation sites is 1. The normalized spacial score (nSPS) is 10.9. The lowest BCUT2D eigenvalue weighted by atomic mass is 10.3. The number of benzene rings is 3. The first-order chi connectivity index (χ1) is 14.9. The van der Waals surface area contributed by atoms with Crippen molar-refractivity contribution in [2.45, 2.75) is 11.8 Å². The van der Waals surface area contributed by atoms with Crippen LogP contribution in [0.3, 0.4) is 0 Å². The van der Waals surface area contributed by atoms with Crippen molar-refractivity contribution >= 4 is 43.2 Å². The Kier molecular flexibility index (Phi) is 7.54. The molecule has 0 fully saturated rings. The van der Waals surface area contributed by atoms with Crippen LogP contribution in [0.15, 0.2) is 82.2 Å². The van der Waals surface area contributed by atoms with Crippen LogP contribution in [0.5, 0.6) is 11.5 Å². The highest BCUT2D eigenvalue weighted by atomic mass is 79.9. The van der Waals surface area contributed by atoms with E-state index in [9.17, 15) is 13.2 Å². The summed E-state index contributed by atoms with van der Waals surface area (Å²) in [6.07, 6.45) is 0. The Morgan fingerprint density at radius 2 is 1.52 bits per heavy atom. The van der Waals surface area contributed by atoms with Gasteiger partial charge < -0.3 is 14.8 Å². The topological polar surface area (TPSA) is 93.7 Å². The minimum absolute atomic E-state index is 0.0754. The number of nitrogens with one attached hydrogen (secondary N) is 2. The van der Waals surface area contributed by atoms with Gasteiger partial charge in [-0.15, -0.1) is 0 Å². The Labute approximate surface area is 189 Å². The molecule has 0 saturated carbocycles. The quantitative estimate of drug-likeness (QED) is 0.441. The summed E-state index contributed by atoms with van der Waals surface area (Å²) in [6, 6.07) is 19.7. The van der Waals surface area contributed by atoms with Gasteiger partial charge in [-0.05, 0) is 83.5 Å². The first kappa shape index (κ1) is 22.6. The third kappa shape index (κ3) is 6.47. The summed E-state index contributed by atoms with van der Waals surface area (Å²) in [4.78, 5) is 12.1. The summed E-state index contributed by atoms with van der Waals surface area (Å²) in [5, 5.41) is 2.73. The van der Waals surface area contributed by atoms with Gasteiger partial charge in [0.1, 0.15) is 11.5 Å². The number of hydrogen-bond acceptors (Lipinski definition) is 5. The van der Waals surface area contributed by atoms with E-state index in [2.05, 4.69) is 26.0 Å². The molecule has 0 aliphatic carbocycles. The lowest BCUT2D eigenvalue weighted by Crippen LogP contribution is -2.20. The minimum Gasteiger partial charge on any atom is -0.494 e. The summed E-state index contributed by atoms with van der Waals surface area (Å²) in [6.45, 7) is 2.20.